The standard InChI is InChI=1S/C50H46N2O4S/c1-31(51-29-36-27-34-15-6-10-19-40(34)47(49(36)53)45-38-17-8-4-13-32(38)22-24-43(45)55-2)42(21-12-26-57)52-30-37-28-35-16-7-11-20-41(35)48(50(37)54)46-39-18-9-5-14-33(39)23-25-44(46)56-3/h4-11,13-20,22-25,27-29,31,42,52-54,57H,12,21,26,30H2,1-3H3/t31-,42?/m0/s1. The Morgan fingerprint density at radius 2 is 1.09 bits per heavy atom. The zero-order chi connectivity index (χ0) is 39.5. The Kier molecular flexibility index (Phi) is 11.0. The summed E-state index contributed by atoms with van der Waals surface area (Å²) in [6.45, 7) is 2.51. The van der Waals surface area contributed by atoms with Crippen molar-refractivity contribution in [2.45, 2.75) is 38.4 Å². The summed E-state index contributed by atoms with van der Waals surface area (Å²) in [5.41, 5.74) is 4.59. The summed E-state index contributed by atoms with van der Waals surface area (Å²) in [6, 6.07) is 44.5. The maximum atomic E-state index is 12.2. The lowest BCUT2D eigenvalue weighted by Gasteiger charge is -2.24. The zero-order valence-corrected chi connectivity index (χ0v) is 33.3. The van der Waals surface area contributed by atoms with Crippen LogP contribution in [-0.2, 0) is 6.54 Å². The first-order valence-corrected chi connectivity index (χ1v) is 20.0. The van der Waals surface area contributed by atoms with Crippen molar-refractivity contribution < 1.29 is 19.7 Å². The molecule has 0 aliphatic carbocycles. The second-order valence-electron chi connectivity index (χ2n) is 14.5. The first kappa shape index (κ1) is 37.9. The van der Waals surface area contributed by atoms with Crippen LogP contribution in [0.5, 0.6) is 23.0 Å². The average molecular weight is 771 g/mol. The molecule has 57 heavy (non-hydrogen) atoms. The monoisotopic (exact) mass is 770 g/mol. The number of nitrogens with zero attached hydrogens (tertiary/aromatic N) is 1. The van der Waals surface area contributed by atoms with Crippen molar-refractivity contribution in [3.05, 3.63) is 145 Å². The highest BCUT2D eigenvalue weighted by Gasteiger charge is 2.23. The molecule has 6 nitrogen and oxygen atoms in total. The van der Waals surface area contributed by atoms with E-state index in [1.165, 1.54) is 0 Å². The highest BCUT2D eigenvalue weighted by atomic mass is 32.1. The summed E-state index contributed by atoms with van der Waals surface area (Å²) in [5, 5.41) is 36.1. The van der Waals surface area contributed by atoms with E-state index in [-0.39, 0.29) is 23.6 Å². The van der Waals surface area contributed by atoms with Gasteiger partial charge in [-0.3, -0.25) is 4.99 Å². The molecule has 8 aromatic carbocycles. The number of aliphatic imine (C=N–C) groups is 1. The van der Waals surface area contributed by atoms with Gasteiger partial charge < -0.3 is 25.0 Å². The van der Waals surface area contributed by atoms with Gasteiger partial charge in [-0.15, -0.1) is 0 Å². The van der Waals surface area contributed by atoms with Crippen LogP contribution in [0.1, 0.15) is 30.9 Å². The molecule has 8 rings (SSSR count). The molecule has 0 aliphatic heterocycles. The van der Waals surface area contributed by atoms with Crippen molar-refractivity contribution in [1.82, 2.24) is 5.32 Å². The molecule has 0 saturated heterocycles. The van der Waals surface area contributed by atoms with Crippen LogP contribution in [0.25, 0.3) is 65.3 Å². The molecule has 0 fully saturated rings. The fraction of sp³-hybridized carbons (Fsp3) is 0.180. The molecule has 0 amide bonds. The van der Waals surface area contributed by atoms with Crippen LogP contribution >= 0.6 is 12.6 Å². The number of nitrogens with one attached hydrogen (secondary N) is 1. The normalized spacial score (nSPS) is 12.8. The third kappa shape index (κ3) is 7.25. The minimum atomic E-state index is -0.175. The fourth-order valence-electron chi connectivity index (χ4n) is 8.22. The number of phenols is 2. The van der Waals surface area contributed by atoms with Crippen molar-refractivity contribution in [2.24, 2.45) is 4.99 Å². The topological polar surface area (TPSA) is 83.3 Å². The van der Waals surface area contributed by atoms with Crippen LogP contribution < -0.4 is 14.8 Å². The number of rotatable bonds is 13. The van der Waals surface area contributed by atoms with Gasteiger partial charge in [0, 0.05) is 52.2 Å². The molecule has 2 atom stereocenters. The van der Waals surface area contributed by atoms with Crippen molar-refractivity contribution in [3.63, 3.8) is 0 Å². The third-order valence-electron chi connectivity index (χ3n) is 11.1. The van der Waals surface area contributed by atoms with Gasteiger partial charge in [0.15, 0.2) is 0 Å². The number of hydrogen-bond acceptors (Lipinski definition) is 7. The Balaban J connectivity index is 1.16. The highest BCUT2D eigenvalue weighted by molar-refractivity contribution is 7.80. The molecule has 7 heteroatoms. The first-order chi connectivity index (χ1) is 27.9. The van der Waals surface area contributed by atoms with Crippen LogP contribution in [0.4, 0.5) is 0 Å². The van der Waals surface area contributed by atoms with E-state index in [4.69, 9.17) is 14.5 Å². The molecule has 1 unspecified atom stereocenters. The maximum Gasteiger partial charge on any atom is 0.132 e. The predicted octanol–water partition coefficient (Wildman–Crippen LogP) is 11.7. The minimum absolute atomic E-state index is 0.0463. The van der Waals surface area contributed by atoms with E-state index in [1.54, 1.807) is 20.4 Å². The Morgan fingerprint density at radius 1 is 0.614 bits per heavy atom. The Labute approximate surface area is 338 Å². The summed E-state index contributed by atoms with van der Waals surface area (Å²) in [7, 11) is 3.34. The quantitative estimate of drug-likeness (QED) is 0.0693. The lowest BCUT2D eigenvalue weighted by molar-refractivity contribution is 0.410. The van der Waals surface area contributed by atoms with E-state index < -0.39 is 0 Å². The minimum Gasteiger partial charge on any atom is -0.507 e. The van der Waals surface area contributed by atoms with Crippen molar-refractivity contribution in [1.29, 1.82) is 0 Å². The molecule has 3 N–H and O–H groups in total. The number of hydrogen-bond donors (Lipinski definition) is 4. The number of thiol groups is 1. The van der Waals surface area contributed by atoms with E-state index in [0.29, 0.717) is 29.2 Å². The average Bonchev–Trinajstić information content (AvgIpc) is 3.25. The number of phenolic OH excluding ortho intramolecular Hbond substituents is 2. The second-order valence-corrected chi connectivity index (χ2v) is 14.9. The summed E-state index contributed by atoms with van der Waals surface area (Å²) in [6.07, 6.45) is 3.50. The lowest BCUT2D eigenvalue weighted by Crippen LogP contribution is -2.37. The Bertz CT molecular complexity index is 2780. The van der Waals surface area contributed by atoms with Crippen LogP contribution in [0.2, 0.25) is 0 Å². The SMILES string of the molecule is COc1ccc2ccccc2c1-c1c(O)c(C=N[C@@H](C)C(CCCS)NCc2cc3ccccc3c(-c3c(OC)ccc4ccccc34)c2O)cc2ccccc12. The van der Waals surface area contributed by atoms with Crippen LogP contribution in [-0.4, -0.2) is 48.5 Å². The molecule has 8 aromatic rings. The first-order valence-electron chi connectivity index (χ1n) is 19.4. The maximum absolute atomic E-state index is 12.2. The molecular weight excluding hydrogens is 725 g/mol. The molecule has 0 aliphatic rings. The number of benzene rings is 8. The largest absolute Gasteiger partial charge is 0.507 e. The summed E-state index contributed by atoms with van der Waals surface area (Å²) in [5.74, 6) is 2.50. The van der Waals surface area contributed by atoms with Gasteiger partial charge >= 0.3 is 0 Å². The molecule has 0 aromatic heterocycles. The number of aromatic hydroxyl groups is 2. The van der Waals surface area contributed by atoms with Crippen LogP contribution in [0.3, 0.4) is 0 Å². The predicted molar refractivity (Wildman–Crippen MR) is 241 cm³/mol. The van der Waals surface area contributed by atoms with Crippen molar-refractivity contribution in [2.75, 3.05) is 20.0 Å². The second kappa shape index (κ2) is 16.6. The van der Waals surface area contributed by atoms with Gasteiger partial charge in [-0.05, 0) is 92.9 Å². The van der Waals surface area contributed by atoms with Gasteiger partial charge in [-0.25, -0.2) is 0 Å². The van der Waals surface area contributed by atoms with Gasteiger partial charge in [0.1, 0.15) is 23.0 Å². The molecule has 0 bridgehead atoms. The summed E-state index contributed by atoms with van der Waals surface area (Å²) in [4.78, 5) is 5.08. The van der Waals surface area contributed by atoms with E-state index >= 15 is 0 Å². The third-order valence-corrected chi connectivity index (χ3v) is 11.4. The lowest BCUT2D eigenvalue weighted by atomic mass is 9.90. The van der Waals surface area contributed by atoms with E-state index in [2.05, 4.69) is 79.5 Å². The summed E-state index contributed by atoms with van der Waals surface area (Å²) < 4.78 is 11.8. The Hall–Kier alpha value is -6.02. The van der Waals surface area contributed by atoms with Crippen molar-refractivity contribution >= 4 is 61.9 Å². The molecule has 0 spiro atoms. The molecule has 0 saturated carbocycles. The van der Waals surface area contributed by atoms with Crippen LogP contribution in [0, 0.1) is 0 Å². The van der Waals surface area contributed by atoms with Gasteiger partial charge in [0.05, 0.1) is 20.3 Å². The zero-order valence-electron chi connectivity index (χ0n) is 32.4. The fourth-order valence-corrected chi connectivity index (χ4v) is 8.40. The molecule has 286 valence electrons. The van der Waals surface area contributed by atoms with E-state index in [0.717, 1.165) is 83.9 Å². The van der Waals surface area contributed by atoms with Gasteiger partial charge in [0.25, 0.3) is 0 Å². The van der Waals surface area contributed by atoms with Crippen molar-refractivity contribution in [3.8, 4) is 45.3 Å². The molecule has 0 radical (unpaired) electrons. The van der Waals surface area contributed by atoms with Gasteiger partial charge in [-0.1, -0.05) is 109 Å². The number of ether oxygens (including phenoxy) is 2. The van der Waals surface area contributed by atoms with Gasteiger partial charge in [0.2, 0.25) is 0 Å². The molecular formula is C50H46N2O4S. The van der Waals surface area contributed by atoms with E-state index in [9.17, 15) is 10.2 Å². The number of methoxy groups -OCH3 is 2. The summed E-state index contributed by atoms with van der Waals surface area (Å²) >= 11 is 4.54. The highest BCUT2D eigenvalue weighted by Crippen LogP contribution is 2.48. The smallest absolute Gasteiger partial charge is 0.132 e. The van der Waals surface area contributed by atoms with Crippen LogP contribution in [0.15, 0.2) is 138 Å². The Morgan fingerprint density at radius 3 is 1.61 bits per heavy atom. The number of fused-ring (bicyclic) bond motifs is 4. The molecule has 0 heterocycles. The van der Waals surface area contributed by atoms with E-state index in [1.807, 2.05) is 78.9 Å². The van der Waals surface area contributed by atoms with Gasteiger partial charge in [-0.2, -0.15) is 12.6 Å².